The number of carbonyl (C=O) groups excluding carboxylic acids is 2. The summed E-state index contributed by atoms with van der Waals surface area (Å²) in [6.07, 6.45) is 1.15. The van der Waals surface area contributed by atoms with E-state index in [9.17, 15) is 18.0 Å². The van der Waals surface area contributed by atoms with E-state index in [1.807, 2.05) is 44.2 Å². The fraction of sp³-hybridized carbons (Fsp3) is 0.286. The molecule has 0 aliphatic rings. The Kier molecular flexibility index (Phi) is 11.1. The molecule has 0 bridgehead atoms. The molecule has 7 nitrogen and oxygen atoms in total. The van der Waals surface area contributed by atoms with Crippen molar-refractivity contribution in [3.05, 3.63) is 97.9 Å². The van der Waals surface area contributed by atoms with Crippen molar-refractivity contribution >= 4 is 73.9 Å². The quantitative estimate of drug-likeness (QED) is 0.268. The second kappa shape index (κ2) is 13.9. The number of amides is 2. The summed E-state index contributed by atoms with van der Waals surface area (Å²) in [5, 5.41) is 3.95. The maximum Gasteiger partial charge on any atom is 0.244 e. The first-order valence-corrected chi connectivity index (χ1v) is 15.6. The van der Waals surface area contributed by atoms with Crippen molar-refractivity contribution in [1.82, 2.24) is 10.2 Å². The fourth-order valence-electron chi connectivity index (χ4n) is 4.05. The first kappa shape index (κ1) is 32.0. The molecule has 1 N–H and O–H groups in total. The van der Waals surface area contributed by atoms with Gasteiger partial charge < -0.3 is 10.2 Å². The highest BCUT2D eigenvalue weighted by atomic mass is 35.5. The van der Waals surface area contributed by atoms with E-state index in [2.05, 4.69) is 5.32 Å². The monoisotopic (exact) mass is 643 g/mol. The first-order chi connectivity index (χ1) is 18.8. The molecule has 0 heterocycles. The number of anilines is 1. The molecule has 0 radical (unpaired) electrons. The third-order valence-corrected chi connectivity index (χ3v) is 8.17. The Morgan fingerprint density at radius 3 is 2.02 bits per heavy atom. The molecule has 1 atom stereocenters. The minimum absolute atomic E-state index is 0.0522. The van der Waals surface area contributed by atoms with Gasteiger partial charge in [0, 0.05) is 34.1 Å². The molecular weight excluding hydrogens is 616 g/mol. The van der Waals surface area contributed by atoms with E-state index in [1.165, 1.54) is 29.2 Å². The van der Waals surface area contributed by atoms with Gasteiger partial charge in [-0.15, -0.1) is 0 Å². The van der Waals surface area contributed by atoms with Gasteiger partial charge in [-0.3, -0.25) is 13.9 Å². The maximum absolute atomic E-state index is 14.1. The van der Waals surface area contributed by atoms with E-state index < -0.39 is 34.4 Å². The van der Waals surface area contributed by atoms with E-state index in [0.29, 0.717) is 20.6 Å². The average molecular weight is 645 g/mol. The van der Waals surface area contributed by atoms with Crippen molar-refractivity contribution in [2.45, 2.75) is 38.9 Å². The molecule has 0 saturated carbocycles. The largest absolute Gasteiger partial charge is 0.352 e. The number of hydrogen-bond acceptors (Lipinski definition) is 4. The Morgan fingerprint density at radius 1 is 0.875 bits per heavy atom. The third kappa shape index (κ3) is 8.75. The minimum atomic E-state index is -3.98. The zero-order chi connectivity index (χ0) is 29.6. The number of sulfonamides is 1. The normalized spacial score (nSPS) is 12.2. The molecule has 0 fully saturated rings. The smallest absolute Gasteiger partial charge is 0.244 e. The topological polar surface area (TPSA) is 86.8 Å². The lowest BCUT2D eigenvalue weighted by molar-refractivity contribution is -0.140. The predicted octanol–water partition coefficient (Wildman–Crippen LogP) is 6.23. The second-order valence-electron chi connectivity index (χ2n) is 9.49. The van der Waals surface area contributed by atoms with E-state index >= 15 is 0 Å². The highest BCUT2D eigenvalue weighted by molar-refractivity contribution is 7.92. The molecule has 0 aliphatic heterocycles. The summed E-state index contributed by atoms with van der Waals surface area (Å²) in [5.74, 6) is -1.03. The average Bonchev–Trinajstić information content (AvgIpc) is 2.85. The lowest BCUT2D eigenvalue weighted by Gasteiger charge is -2.34. The number of hydrogen-bond donors (Lipinski definition) is 1. The lowest BCUT2D eigenvalue weighted by Crippen LogP contribution is -2.54. The van der Waals surface area contributed by atoms with Gasteiger partial charge in [0.25, 0.3) is 0 Å². The van der Waals surface area contributed by atoms with Crippen LogP contribution in [-0.2, 0) is 32.6 Å². The van der Waals surface area contributed by atoms with Crippen molar-refractivity contribution in [2.75, 3.05) is 17.1 Å². The summed E-state index contributed by atoms with van der Waals surface area (Å²) in [6, 6.07) is 17.1. The van der Waals surface area contributed by atoms with Gasteiger partial charge in [0.15, 0.2) is 0 Å². The Morgan fingerprint density at radius 2 is 1.48 bits per heavy atom. The molecular formula is C28H29Cl4N3O4S. The Balaban J connectivity index is 2.10. The van der Waals surface area contributed by atoms with Crippen LogP contribution in [0.25, 0.3) is 0 Å². The third-order valence-electron chi connectivity index (χ3n) is 5.92. The molecule has 0 unspecified atom stereocenters. The van der Waals surface area contributed by atoms with Gasteiger partial charge >= 0.3 is 0 Å². The van der Waals surface area contributed by atoms with E-state index in [-0.39, 0.29) is 29.7 Å². The number of halogens is 4. The molecule has 40 heavy (non-hydrogen) atoms. The summed E-state index contributed by atoms with van der Waals surface area (Å²) in [6.45, 7) is 2.93. The number of rotatable bonds is 11. The molecule has 0 spiro atoms. The van der Waals surface area contributed by atoms with E-state index in [0.717, 1.165) is 16.1 Å². The number of carbonyl (C=O) groups is 2. The minimum Gasteiger partial charge on any atom is -0.352 e. The van der Waals surface area contributed by atoms with Crippen molar-refractivity contribution in [3.8, 4) is 0 Å². The Bertz CT molecular complexity index is 1470. The summed E-state index contributed by atoms with van der Waals surface area (Å²) in [5.41, 5.74) is 1.43. The number of nitrogens with one attached hydrogen (secondary N) is 1. The molecule has 3 aromatic carbocycles. The van der Waals surface area contributed by atoms with Crippen LogP contribution < -0.4 is 9.62 Å². The van der Waals surface area contributed by atoms with E-state index in [1.54, 1.807) is 12.1 Å². The van der Waals surface area contributed by atoms with Gasteiger partial charge in [-0.1, -0.05) is 82.8 Å². The summed E-state index contributed by atoms with van der Waals surface area (Å²) in [7, 11) is -3.98. The van der Waals surface area contributed by atoms with Crippen LogP contribution in [0, 0.1) is 0 Å². The molecule has 3 rings (SSSR count). The highest BCUT2D eigenvalue weighted by Crippen LogP contribution is 2.31. The summed E-state index contributed by atoms with van der Waals surface area (Å²) < 4.78 is 26.6. The van der Waals surface area contributed by atoms with Crippen LogP contribution in [0.3, 0.4) is 0 Å². The van der Waals surface area contributed by atoms with Gasteiger partial charge in [0.2, 0.25) is 21.8 Å². The molecule has 214 valence electrons. The maximum atomic E-state index is 14.1. The Hall–Kier alpha value is -2.49. The van der Waals surface area contributed by atoms with Gasteiger partial charge in [-0.25, -0.2) is 8.42 Å². The van der Waals surface area contributed by atoms with Crippen LogP contribution in [0.15, 0.2) is 66.7 Å². The first-order valence-electron chi connectivity index (χ1n) is 12.3. The van der Waals surface area contributed by atoms with Crippen LogP contribution >= 0.6 is 46.4 Å². The molecule has 3 aromatic rings. The number of benzene rings is 3. The summed E-state index contributed by atoms with van der Waals surface area (Å²) >= 11 is 24.9. The zero-order valence-corrected chi connectivity index (χ0v) is 25.9. The van der Waals surface area contributed by atoms with Crippen molar-refractivity contribution in [1.29, 1.82) is 0 Å². The van der Waals surface area contributed by atoms with Crippen molar-refractivity contribution < 1.29 is 18.0 Å². The summed E-state index contributed by atoms with van der Waals surface area (Å²) in [4.78, 5) is 28.9. The van der Waals surface area contributed by atoms with Crippen LogP contribution in [0.5, 0.6) is 0 Å². The highest BCUT2D eigenvalue weighted by Gasteiger charge is 2.34. The van der Waals surface area contributed by atoms with Gasteiger partial charge in [0.1, 0.15) is 12.6 Å². The number of nitrogens with zero attached hydrogens (tertiary/aromatic N) is 2. The predicted molar refractivity (Wildman–Crippen MR) is 163 cm³/mol. The second-order valence-corrected chi connectivity index (χ2v) is 13.1. The molecule has 0 saturated heterocycles. The van der Waals surface area contributed by atoms with Gasteiger partial charge in [-0.05, 0) is 55.3 Å². The van der Waals surface area contributed by atoms with E-state index in [4.69, 9.17) is 46.4 Å². The van der Waals surface area contributed by atoms with Crippen LogP contribution in [0.4, 0.5) is 5.69 Å². The van der Waals surface area contributed by atoms with Crippen molar-refractivity contribution in [2.24, 2.45) is 0 Å². The van der Waals surface area contributed by atoms with Crippen LogP contribution in [-0.4, -0.2) is 50.0 Å². The SMILES string of the molecule is CC(C)NC(=O)[C@@H](Cc1ccccc1)N(Cc1ccc(Cl)cc1Cl)C(=O)CN(c1ccc(Cl)cc1Cl)S(C)(=O)=O. The van der Waals surface area contributed by atoms with Gasteiger partial charge in [-0.2, -0.15) is 0 Å². The zero-order valence-electron chi connectivity index (χ0n) is 22.1. The molecule has 2 amide bonds. The molecule has 0 aromatic heterocycles. The van der Waals surface area contributed by atoms with Crippen LogP contribution in [0.1, 0.15) is 25.0 Å². The van der Waals surface area contributed by atoms with Crippen LogP contribution in [0.2, 0.25) is 20.1 Å². The lowest BCUT2D eigenvalue weighted by atomic mass is 10.0. The Labute approximate surface area is 255 Å². The fourth-order valence-corrected chi connectivity index (χ4v) is 5.94. The van der Waals surface area contributed by atoms with Crippen molar-refractivity contribution in [3.63, 3.8) is 0 Å². The molecule has 0 aliphatic carbocycles. The molecule has 12 heteroatoms. The standard InChI is InChI=1S/C28H29Cl4N3O4S/c1-18(2)33-28(37)26(13-19-7-5-4-6-8-19)34(16-20-9-10-21(29)14-23(20)31)27(36)17-35(40(3,38)39)25-12-11-22(30)15-24(25)32/h4-12,14-15,18,26H,13,16-17H2,1-3H3,(H,33,37)/t26-/m1/s1. The van der Waals surface area contributed by atoms with Gasteiger partial charge in [0.05, 0.1) is 17.0 Å².